The van der Waals surface area contributed by atoms with Crippen molar-refractivity contribution in [3.05, 3.63) is 0 Å². The van der Waals surface area contributed by atoms with E-state index in [1.165, 1.54) is 0 Å². The molecule has 0 aromatic heterocycles. The Balaban J connectivity index is 1.97. The fourth-order valence-corrected chi connectivity index (χ4v) is 0. The van der Waals surface area contributed by atoms with E-state index in [-0.39, 0.29) is 0 Å². The lowest BCUT2D eigenvalue weighted by atomic mass is 13.5. The summed E-state index contributed by atoms with van der Waals surface area (Å²) in [6, 6.07) is 0. The summed E-state index contributed by atoms with van der Waals surface area (Å²) in [7, 11) is 0. The Hall–Kier alpha value is 0.500. The highest BCUT2D eigenvalue weighted by Crippen LogP contribution is 1.68. The van der Waals surface area contributed by atoms with Crippen molar-refractivity contribution in [1.82, 2.24) is 5.00 Å². The standard InChI is InChI=1S/Cl2HNO/c1-3-4-2/h3H. The number of hydrogen-bond donors (Lipinski definition) is 1. The molecule has 26 valence electrons. The van der Waals surface area contributed by atoms with Crippen LogP contribution < -0.4 is 5.00 Å². The summed E-state index contributed by atoms with van der Waals surface area (Å²) in [5.74, 6) is 0. The molecule has 0 aromatic carbocycles. The molecule has 0 aromatic rings. The highest BCUT2D eigenvalue weighted by atomic mass is 35.5. The minimum Gasteiger partial charge on any atom is -0.175 e. The molecule has 0 bridgehead atoms. The van der Waals surface area contributed by atoms with Gasteiger partial charge in [0.15, 0.2) is 0 Å². The molecule has 4 heteroatoms. The average molecular weight is 102 g/mol. The quantitative estimate of drug-likeness (QED) is 0.390. The average Bonchev–Trinajstić information content (AvgIpc) is 1.37. The first kappa shape index (κ1) is 4.50. The number of halogens is 2. The Morgan fingerprint density at radius 2 is 2.00 bits per heavy atom. The van der Waals surface area contributed by atoms with E-state index in [0.717, 1.165) is 0 Å². The van der Waals surface area contributed by atoms with Crippen LogP contribution in [0.4, 0.5) is 0 Å². The summed E-state index contributed by atoms with van der Waals surface area (Å²) in [5, 5.41) is 0. The van der Waals surface area contributed by atoms with Crippen LogP contribution >= 0.6 is 23.6 Å². The molecule has 0 radical (unpaired) electrons. The molecule has 1 N–H and O–H groups in total. The SMILES string of the molecule is ClNOCl. The molecule has 4 heavy (non-hydrogen) atoms. The van der Waals surface area contributed by atoms with Gasteiger partial charge in [0.1, 0.15) is 0 Å². The highest BCUT2D eigenvalue weighted by molar-refractivity contribution is 6.15. The summed E-state index contributed by atoms with van der Waals surface area (Å²) in [5.41, 5.74) is 0. The summed E-state index contributed by atoms with van der Waals surface area (Å²) in [6.45, 7) is 0. The second-order valence-electron chi connectivity index (χ2n) is 0.154. The van der Waals surface area contributed by atoms with Crippen LogP contribution in [0.2, 0.25) is 0 Å². The first-order valence-corrected chi connectivity index (χ1v) is 1.23. The lowest BCUT2D eigenvalue weighted by molar-refractivity contribution is 0.310. The van der Waals surface area contributed by atoms with Gasteiger partial charge in [0.05, 0.1) is 11.9 Å². The van der Waals surface area contributed by atoms with Gasteiger partial charge in [0.25, 0.3) is 0 Å². The smallest absolute Gasteiger partial charge is 0.0852 e. The van der Waals surface area contributed by atoms with Gasteiger partial charge in [-0.1, -0.05) is 5.00 Å². The second kappa shape index (κ2) is 3.50. The van der Waals surface area contributed by atoms with Gasteiger partial charge >= 0.3 is 0 Å². The monoisotopic (exact) mass is 101 g/mol. The van der Waals surface area contributed by atoms with E-state index in [1.54, 1.807) is 5.00 Å². The zero-order chi connectivity index (χ0) is 3.41. The summed E-state index contributed by atoms with van der Waals surface area (Å²) >= 11 is 9.02. The highest BCUT2D eigenvalue weighted by Gasteiger charge is 1.54. The van der Waals surface area contributed by atoms with Gasteiger partial charge in [0.2, 0.25) is 0 Å². The van der Waals surface area contributed by atoms with Crippen molar-refractivity contribution in [2.24, 2.45) is 0 Å². The van der Waals surface area contributed by atoms with Crippen molar-refractivity contribution >= 4 is 23.6 Å². The minimum absolute atomic E-state index is 1.67. The van der Waals surface area contributed by atoms with E-state index >= 15 is 0 Å². The lowest BCUT2D eigenvalue weighted by Crippen LogP contribution is -1.83. The molecule has 2 nitrogen and oxygen atoms in total. The van der Waals surface area contributed by atoms with Crippen molar-refractivity contribution < 1.29 is 4.39 Å². The molecule has 0 aliphatic rings. The van der Waals surface area contributed by atoms with Gasteiger partial charge in [-0.25, -0.2) is 0 Å². The van der Waals surface area contributed by atoms with Gasteiger partial charge in [0, 0.05) is 11.8 Å². The van der Waals surface area contributed by atoms with Crippen molar-refractivity contribution in [2.45, 2.75) is 0 Å². The van der Waals surface area contributed by atoms with Crippen LogP contribution in [0, 0.1) is 0 Å². The van der Waals surface area contributed by atoms with Gasteiger partial charge in [-0.05, 0) is 0 Å². The molecule has 0 rings (SSSR count). The molecular weight excluding hydrogens is 101 g/mol. The van der Waals surface area contributed by atoms with Crippen molar-refractivity contribution in [2.75, 3.05) is 0 Å². The molecule has 0 saturated carbocycles. The lowest BCUT2D eigenvalue weighted by Gasteiger charge is -1.70. The third-order valence-corrected chi connectivity index (χ3v) is 0.262. The molecule has 0 amide bonds. The maximum atomic E-state index is 4.58. The Labute approximate surface area is 33.9 Å². The number of rotatable bonds is 1. The summed E-state index contributed by atoms with van der Waals surface area (Å²) in [4.78, 5) is 1.67. The van der Waals surface area contributed by atoms with Crippen LogP contribution in [-0.2, 0) is 4.39 Å². The Morgan fingerprint density at radius 3 is 2.00 bits per heavy atom. The fourth-order valence-electron chi connectivity index (χ4n) is 0. The molecule has 0 aliphatic heterocycles. The van der Waals surface area contributed by atoms with Crippen LogP contribution in [0.25, 0.3) is 0 Å². The van der Waals surface area contributed by atoms with Crippen LogP contribution in [0.5, 0.6) is 0 Å². The Morgan fingerprint density at radius 1 is 1.75 bits per heavy atom. The molecule has 0 unspecified atom stereocenters. The predicted molar refractivity (Wildman–Crippen MR) is 15.9 cm³/mol. The van der Waals surface area contributed by atoms with Gasteiger partial charge in [-0.3, -0.25) is 0 Å². The van der Waals surface area contributed by atoms with Crippen LogP contribution in [-0.4, -0.2) is 0 Å². The van der Waals surface area contributed by atoms with Crippen molar-refractivity contribution in [3.8, 4) is 0 Å². The Kier molecular flexibility index (Phi) is 3.94. The van der Waals surface area contributed by atoms with Gasteiger partial charge in [-0.15, -0.1) is 0 Å². The van der Waals surface area contributed by atoms with E-state index < -0.39 is 0 Å². The first-order chi connectivity index (χ1) is 1.91. The van der Waals surface area contributed by atoms with Crippen LogP contribution in [0.1, 0.15) is 0 Å². The third kappa shape index (κ3) is 2.50. The first-order valence-electron chi connectivity index (χ1n) is 0.547. The van der Waals surface area contributed by atoms with Gasteiger partial charge < -0.3 is 0 Å². The molecule has 0 spiro atoms. The van der Waals surface area contributed by atoms with E-state index in [0.29, 0.717) is 0 Å². The van der Waals surface area contributed by atoms with E-state index in [2.05, 4.69) is 28.0 Å². The molecule has 0 heterocycles. The maximum Gasteiger partial charge on any atom is 0.0852 e. The zero-order valence-electron chi connectivity index (χ0n) is 1.66. The normalized spacial score (nSPS) is 7.50. The Bertz CT molecular complexity index is 8.00. The van der Waals surface area contributed by atoms with Crippen LogP contribution in [0.3, 0.4) is 0 Å². The molecule has 0 saturated heterocycles. The topological polar surface area (TPSA) is 21.3 Å². The second-order valence-corrected chi connectivity index (χ2v) is 0.463. The number of hydrogen-bond acceptors (Lipinski definition) is 2. The summed E-state index contributed by atoms with van der Waals surface area (Å²) in [6.07, 6.45) is 0. The maximum absolute atomic E-state index is 4.58. The van der Waals surface area contributed by atoms with Crippen LogP contribution in [0.15, 0.2) is 0 Å². The third-order valence-electron chi connectivity index (χ3n) is 0.0292. The molecule has 0 aliphatic carbocycles. The predicted octanol–water partition coefficient (Wildman–Crippen LogP) is 0.815. The van der Waals surface area contributed by atoms with Gasteiger partial charge in [-0.2, -0.15) is 4.39 Å². The van der Waals surface area contributed by atoms with E-state index in [4.69, 9.17) is 0 Å². The van der Waals surface area contributed by atoms with E-state index in [9.17, 15) is 0 Å². The van der Waals surface area contributed by atoms with Crippen molar-refractivity contribution in [1.29, 1.82) is 0 Å². The summed E-state index contributed by atoms with van der Waals surface area (Å²) < 4.78 is 3.53. The number of nitrogens with one attached hydrogen (secondary N) is 1. The minimum atomic E-state index is 1.67. The van der Waals surface area contributed by atoms with E-state index in [1.807, 2.05) is 0 Å². The fraction of sp³-hybridized carbons (Fsp3) is 0. The molecular formula is HCl2NO. The molecule has 0 atom stereocenters. The largest absolute Gasteiger partial charge is 0.175 e. The molecule has 0 fully saturated rings. The van der Waals surface area contributed by atoms with Crippen molar-refractivity contribution in [3.63, 3.8) is 0 Å². The zero-order valence-corrected chi connectivity index (χ0v) is 3.18.